The van der Waals surface area contributed by atoms with Crippen molar-refractivity contribution < 1.29 is 4.79 Å². The molecule has 2 heterocycles. The molecule has 4 nitrogen and oxygen atoms in total. The zero-order valence-corrected chi connectivity index (χ0v) is 18.8. The van der Waals surface area contributed by atoms with E-state index >= 15 is 0 Å². The number of carbonyl (C=O) groups is 1. The molecule has 0 N–H and O–H groups in total. The molecule has 4 heteroatoms. The Labute approximate surface area is 185 Å². The number of para-hydroxylation sites is 2. The highest BCUT2D eigenvalue weighted by Gasteiger charge is 2.35. The molecule has 1 aromatic heterocycles. The summed E-state index contributed by atoms with van der Waals surface area (Å²) in [4.78, 5) is 20.1. The van der Waals surface area contributed by atoms with Gasteiger partial charge in [-0.2, -0.15) is 0 Å². The van der Waals surface area contributed by atoms with E-state index in [1.54, 1.807) is 0 Å². The van der Waals surface area contributed by atoms with E-state index in [-0.39, 0.29) is 11.8 Å². The molecule has 2 aromatic carbocycles. The standard InChI is InChI=1S/C27H33N3O/c1-19-9-8-14-24(20(19)2)30-18-22(17-26(30)31)27-28-23-12-6-7-13-25(23)29(27)16-15-21-10-4-3-5-11-21/h6-9,12-14,21-22H,3-5,10-11,15-18H2,1-2H3. The minimum absolute atomic E-state index is 0.145. The van der Waals surface area contributed by atoms with Gasteiger partial charge in [-0.1, -0.05) is 56.4 Å². The lowest BCUT2D eigenvalue weighted by Gasteiger charge is -2.23. The first-order chi connectivity index (χ1) is 15.1. The van der Waals surface area contributed by atoms with Gasteiger partial charge in [0, 0.05) is 31.1 Å². The zero-order valence-electron chi connectivity index (χ0n) is 18.8. The van der Waals surface area contributed by atoms with E-state index in [1.807, 2.05) is 4.90 Å². The van der Waals surface area contributed by atoms with Gasteiger partial charge in [0.25, 0.3) is 0 Å². The molecule has 1 unspecified atom stereocenters. The van der Waals surface area contributed by atoms with Crippen molar-refractivity contribution in [2.45, 2.75) is 71.3 Å². The van der Waals surface area contributed by atoms with E-state index in [2.05, 4.69) is 60.9 Å². The third kappa shape index (κ3) is 3.88. The molecule has 162 valence electrons. The number of imidazole rings is 1. The fraction of sp³-hybridized carbons (Fsp3) is 0.481. The van der Waals surface area contributed by atoms with Crippen molar-refractivity contribution in [1.29, 1.82) is 0 Å². The summed E-state index contributed by atoms with van der Waals surface area (Å²) in [6.45, 7) is 5.96. The van der Waals surface area contributed by atoms with Gasteiger partial charge in [0.1, 0.15) is 5.82 Å². The van der Waals surface area contributed by atoms with Crippen molar-refractivity contribution in [3.05, 3.63) is 59.4 Å². The van der Waals surface area contributed by atoms with Gasteiger partial charge in [0.15, 0.2) is 0 Å². The number of benzene rings is 2. The maximum Gasteiger partial charge on any atom is 0.227 e. The number of rotatable bonds is 5. The number of carbonyl (C=O) groups excluding carboxylic acids is 1. The van der Waals surface area contributed by atoms with Crippen LogP contribution >= 0.6 is 0 Å². The van der Waals surface area contributed by atoms with Crippen LogP contribution in [0.3, 0.4) is 0 Å². The van der Waals surface area contributed by atoms with Gasteiger partial charge in [-0.3, -0.25) is 4.79 Å². The fourth-order valence-electron chi connectivity index (χ4n) is 5.57. The number of hydrogen-bond donors (Lipinski definition) is 0. The Morgan fingerprint density at radius 3 is 2.65 bits per heavy atom. The number of anilines is 1. The summed E-state index contributed by atoms with van der Waals surface area (Å²) >= 11 is 0. The van der Waals surface area contributed by atoms with Crippen molar-refractivity contribution in [2.75, 3.05) is 11.4 Å². The maximum atomic E-state index is 13.0. The number of fused-ring (bicyclic) bond motifs is 1. The van der Waals surface area contributed by atoms with Gasteiger partial charge < -0.3 is 9.47 Å². The van der Waals surface area contributed by atoms with Crippen LogP contribution in [-0.4, -0.2) is 22.0 Å². The Bertz CT molecular complexity index is 1090. The summed E-state index contributed by atoms with van der Waals surface area (Å²) in [7, 11) is 0. The predicted octanol–water partition coefficient (Wildman–Crippen LogP) is 6.14. The molecule has 1 aliphatic carbocycles. The summed E-state index contributed by atoms with van der Waals surface area (Å²) in [5.74, 6) is 2.29. The van der Waals surface area contributed by atoms with Crippen LogP contribution in [0, 0.1) is 19.8 Å². The van der Waals surface area contributed by atoms with Crippen molar-refractivity contribution in [1.82, 2.24) is 9.55 Å². The molecule has 1 atom stereocenters. The van der Waals surface area contributed by atoms with Crippen molar-refractivity contribution >= 4 is 22.6 Å². The predicted molar refractivity (Wildman–Crippen MR) is 127 cm³/mol. The van der Waals surface area contributed by atoms with Crippen LogP contribution < -0.4 is 4.90 Å². The van der Waals surface area contributed by atoms with Crippen molar-refractivity contribution in [3.8, 4) is 0 Å². The van der Waals surface area contributed by atoms with E-state index in [1.165, 1.54) is 55.2 Å². The highest BCUT2D eigenvalue weighted by Crippen LogP contribution is 2.36. The Hall–Kier alpha value is -2.62. The van der Waals surface area contributed by atoms with Crippen LogP contribution in [0.5, 0.6) is 0 Å². The second kappa shape index (κ2) is 8.49. The minimum atomic E-state index is 0.145. The number of aryl methyl sites for hydroxylation is 2. The van der Waals surface area contributed by atoms with Crippen LogP contribution in [-0.2, 0) is 11.3 Å². The number of amides is 1. The van der Waals surface area contributed by atoms with Crippen LogP contribution in [0.25, 0.3) is 11.0 Å². The smallest absolute Gasteiger partial charge is 0.227 e. The largest absolute Gasteiger partial charge is 0.328 e. The van der Waals surface area contributed by atoms with Crippen LogP contribution in [0.2, 0.25) is 0 Å². The lowest BCUT2D eigenvalue weighted by atomic mass is 9.87. The maximum absolute atomic E-state index is 13.0. The van der Waals surface area contributed by atoms with E-state index in [4.69, 9.17) is 4.98 Å². The van der Waals surface area contributed by atoms with Gasteiger partial charge in [0.05, 0.1) is 11.0 Å². The Balaban J connectivity index is 1.44. The molecule has 1 amide bonds. The number of aromatic nitrogens is 2. The molecule has 3 aromatic rings. The second-order valence-electron chi connectivity index (χ2n) is 9.53. The van der Waals surface area contributed by atoms with Crippen molar-refractivity contribution in [3.63, 3.8) is 0 Å². The lowest BCUT2D eigenvalue weighted by Crippen LogP contribution is -2.25. The summed E-state index contributed by atoms with van der Waals surface area (Å²) < 4.78 is 2.43. The quantitative estimate of drug-likeness (QED) is 0.502. The molecule has 31 heavy (non-hydrogen) atoms. The molecule has 1 saturated heterocycles. The first-order valence-electron chi connectivity index (χ1n) is 11.9. The van der Waals surface area contributed by atoms with Crippen LogP contribution in [0.15, 0.2) is 42.5 Å². The average molecular weight is 416 g/mol. The van der Waals surface area contributed by atoms with Crippen LogP contribution in [0.1, 0.15) is 67.8 Å². The monoisotopic (exact) mass is 415 g/mol. The average Bonchev–Trinajstić information content (AvgIpc) is 3.35. The molecule has 2 aliphatic rings. The molecule has 5 rings (SSSR count). The van der Waals surface area contributed by atoms with Gasteiger partial charge in [-0.05, 0) is 55.5 Å². The SMILES string of the molecule is Cc1cccc(N2CC(c3nc4ccccc4n3CCC3CCCCC3)CC2=O)c1C. The van der Waals surface area contributed by atoms with E-state index in [0.717, 1.165) is 36.0 Å². The van der Waals surface area contributed by atoms with Gasteiger partial charge in [-0.25, -0.2) is 4.98 Å². The fourth-order valence-corrected chi connectivity index (χ4v) is 5.57. The lowest BCUT2D eigenvalue weighted by molar-refractivity contribution is -0.117. The Kier molecular flexibility index (Phi) is 5.56. The Morgan fingerprint density at radius 1 is 1.00 bits per heavy atom. The topological polar surface area (TPSA) is 38.1 Å². The molecular formula is C27H33N3O. The summed E-state index contributed by atoms with van der Waals surface area (Å²) in [5.41, 5.74) is 5.75. The number of nitrogens with zero attached hydrogens (tertiary/aromatic N) is 3. The molecule has 1 aliphatic heterocycles. The molecule has 2 fully saturated rings. The van der Waals surface area contributed by atoms with E-state index in [9.17, 15) is 4.79 Å². The van der Waals surface area contributed by atoms with Gasteiger partial charge in [-0.15, -0.1) is 0 Å². The third-order valence-corrected chi connectivity index (χ3v) is 7.53. The Morgan fingerprint density at radius 2 is 1.81 bits per heavy atom. The van der Waals surface area contributed by atoms with Crippen LogP contribution in [0.4, 0.5) is 5.69 Å². The van der Waals surface area contributed by atoms with E-state index in [0.29, 0.717) is 6.42 Å². The number of hydrogen-bond acceptors (Lipinski definition) is 2. The zero-order chi connectivity index (χ0) is 21.4. The molecular weight excluding hydrogens is 382 g/mol. The minimum Gasteiger partial charge on any atom is -0.328 e. The first-order valence-corrected chi connectivity index (χ1v) is 11.9. The summed E-state index contributed by atoms with van der Waals surface area (Å²) in [6, 6.07) is 14.7. The highest BCUT2D eigenvalue weighted by atomic mass is 16.2. The second-order valence-corrected chi connectivity index (χ2v) is 9.53. The highest BCUT2D eigenvalue weighted by molar-refractivity contribution is 5.97. The summed E-state index contributed by atoms with van der Waals surface area (Å²) in [6.07, 6.45) is 8.64. The third-order valence-electron chi connectivity index (χ3n) is 7.53. The molecule has 0 bridgehead atoms. The molecule has 1 saturated carbocycles. The van der Waals surface area contributed by atoms with Gasteiger partial charge in [0.2, 0.25) is 5.91 Å². The molecule has 0 spiro atoms. The molecule has 0 radical (unpaired) electrons. The normalized spacial score (nSPS) is 20.1. The van der Waals surface area contributed by atoms with E-state index < -0.39 is 0 Å². The summed E-state index contributed by atoms with van der Waals surface area (Å²) in [5, 5.41) is 0. The van der Waals surface area contributed by atoms with Gasteiger partial charge >= 0.3 is 0 Å². The first kappa shape index (κ1) is 20.3. The van der Waals surface area contributed by atoms with Crippen molar-refractivity contribution in [2.24, 2.45) is 5.92 Å².